The van der Waals surface area contributed by atoms with Crippen molar-refractivity contribution >= 4 is 50.7 Å². The number of hydrogen-bond donors (Lipinski definition) is 1. The SMILES string of the molecule is C[C@H]1C(=O)Nc2ccc(C(=O)CSc3ncnc4sccc34)cc21. The van der Waals surface area contributed by atoms with Crippen LogP contribution in [-0.2, 0) is 4.79 Å². The molecule has 120 valence electrons. The molecule has 5 nitrogen and oxygen atoms in total. The van der Waals surface area contributed by atoms with E-state index in [0.717, 1.165) is 26.5 Å². The highest BCUT2D eigenvalue weighted by Crippen LogP contribution is 2.33. The topological polar surface area (TPSA) is 72.0 Å². The molecule has 2 aromatic heterocycles. The second kappa shape index (κ2) is 5.99. The molecule has 0 unspecified atom stereocenters. The Morgan fingerprint density at radius 2 is 2.21 bits per heavy atom. The normalized spacial score (nSPS) is 16.2. The standard InChI is InChI=1S/C17H13N3O2S2/c1-9-12-6-10(2-3-13(12)20-15(9)22)14(21)7-24-17-11-4-5-23-16(11)18-8-19-17/h2-6,8-9H,7H2,1H3,(H,20,22)/t9-/m1/s1. The summed E-state index contributed by atoms with van der Waals surface area (Å²) < 4.78 is 0. The molecule has 3 heterocycles. The molecule has 0 bridgehead atoms. The molecular formula is C17H13N3O2S2. The largest absolute Gasteiger partial charge is 0.325 e. The number of hydrogen-bond acceptors (Lipinski definition) is 6. The second-order valence-electron chi connectivity index (χ2n) is 5.54. The van der Waals surface area contributed by atoms with Crippen LogP contribution >= 0.6 is 23.1 Å². The van der Waals surface area contributed by atoms with Crippen LogP contribution in [-0.4, -0.2) is 27.4 Å². The first-order chi connectivity index (χ1) is 11.6. The maximum Gasteiger partial charge on any atom is 0.231 e. The van der Waals surface area contributed by atoms with Crippen LogP contribution in [0.15, 0.2) is 41.0 Å². The number of anilines is 1. The van der Waals surface area contributed by atoms with Crippen molar-refractivity contribution < 1.29 is 9.59 Å². The van der Waals surface area contributed by atoms with Crippen molar-refractivity contribution in [1.29, 1.82) is 0 Å². The van der Waals surface area contributed by atoms with Crippen molar-refractivity contribution in [2.75, 3.05) is 11.1 Å². The Hall–Kier alpha value is -2.25. The van der Waals surface area contributed by atoms with Crippen molar-refractivity contribution in [3.63, 3.8) is 0 Å². The second-order valence-corrected chi connectivity index (χ2v) is 7.40. The maximum atomic E-state index is 12.5. The molecule has 0 fully saturated rings. The number of thioether (sulfide) groups is 1. The molecule has 1 N–H and O–H groups in total. The number of aromatic nitrogens is 2. The van der Waals surface area contributed by atoms with Crippen LogP contribution in [0.3, 0.4) is 0 Å². The lowest BCUT2D eigenvalue weighted by atomic mass is 9.99. The highest BCUT2D eigenvalue weighted by molar-refractivity contribution is 8.00. The first kappa shape index (κ1) is 15.3. The van der Waals surface area contributed by atoms with Gasteiger partial charge in [0.2, 0.25) is 5.91 Å². The summed E-state index contributed by atoms with van der Waals surface area (Å²) in [5.74, 6) is 0.0881. The smallest absolute Gasteiger partial charge is 0.231 e. The van der Waals surface area contributed by atoms with Gasteiger partial charge in [0, 0.05) is 16.6 Å². The van der Waals surface area contributed by atoms with Gasteiger partial charge in [-0.1, -0.05) is 11.8 Å². The molecule has 3 aromatic rings. The Labute approximate surface area is 146 Å². The van der Waals surface area contributed by atoms with Crippen LogP contribution in [0.1, 0.15) is 28.8 Å². The molecule has 1 amide bonds. The lowest BCUT2D eigenvalue weighted by Gasteiger charge is -2.06. The van der Waals surface area contributed by atoms with Crippen molar-refractivity contribution in [2.45, 2.75) is 17.9 Å². The van der Waals surface area contributed by atoms with E-state index in [4.69, 9.17) is 0 Å². The monoisotopic (exact) mass is 355 g/mol. The third-order valence-corrected chi connectivity index (χ3v) is 5.88. The van der Waals surface area contributed by atoms with Crippen molar-refractivity contribution in [3.05, 3.63) is 47.1 Å². The average Bonchev–Trinajstić information content (AvgIpc) is 3.18. The van der Waals surface area contributed by atoms with Crippen LogP contribution in [0, 0.1) is 0 Å². The fourth-order valence-electron chi connectivity index (χ4n) is 2.69. The number of nitrogens with one attached hydrogen (secondary N) is 1. The van der Waals surface area contributed by atoms with Gasteiger partial charge in [-0.2, -0.15) is 0 Å². The third kappa shape index (κ3) is 2.59. The molecule has 0 saturated carbocycles. The molecule has 0 spiro atoms. The molecule has 0 radical (unpaired) electrons. The summed E-state index contributed by atoms with van der Waals surface area (Å²) in [6, 6.07) is 7.36. The summed E-state index contributed by atoms with van der Waals surface area (Å²) in [4.78, 5) is 33.6. The predicted molar refractivity (Wildman–Crippen MR) is 96.0 cm³/mol. The zero-order valence-electron chi connectivity index (χ0n) is 12.8. The summed E-state index contributed by atoms with van der Waals surface area (Å²) in [7, 11) is 0. The summed E-state index contributed by atoms with van der Waals surface area (Å²) in [6.45, 7) is 1.85. The van der Waals surface area contributed by atoms with Gasteiger partial charge in [-0.3, -0.25) is 9.59 Å². The summed E-state index contributed by atoms with van der Waals surface area (Å²) >= 11 is 2.97. The van der Waals surface area contributed by atoms with Gasteiger partial charge in [0.05, 0.1) is 11.7 Å². The van der Waals surface area contributed by atoms with Crippen LogP contribution < -0.4 is 5.32 Å². The van der Waals surface area contributed by atoms with Crippen molar-refractivity contribution in [3.8, 4) is 0 Å². The van der Waals surface area contributed by atoms with E-state index in [0.29, 0.717) is 11.3 Å². The van der Waals surface area contributed by atoms with Crippen molar-refractivity contribution in [2.24, 2.45) is 0 Å². The third-order valence-electron chi connectivity index (χ3n) is 4.06. The number of fused-ring (bicyclic) bond motifs is 2. The van der Waals surface area contributed by atoms with Gasteiger partial charge in [0.1, 0.15) is 16.2 Å². The number of amides is 1. The first-order valence-corrected chi connectivity index (χ1v) is 9.29. The maximum absolute atomic E-state index is 12.5. The van der Waals surface area contributed by atoms with Crippen molar-refractivity contribution in [1.82, 2.24) is 9.97 Å². The Morgan fingerprint density at radius 3 is 3.08 bits per heavy atom. The van der Waals surface area contributed by atoms with E-state index in [-0.39, 0.29) is 17.6 Å². The van der Waals surface area contributed by atoms with Crippen LogP contribution in [0.25, 0.3) is 10.2 Å². The number of benzene rings is 1. The van der Waals surface area contributed by atoms with Gasteiger partial charge >= 0.3 is 0 Å². The van der Waals surface area contributed by atoms with Gasteiger partial charge in [-0.05, 0) is 42.1 Å². The predicted octanol–water partition coefficient (Wildman–Crippen LogP) is 3.72. The fraction of sp³-hybridized carbons (Fsp3) is 0.176. The minimum atomic E-state index is -0.215. The minimum Gasteiger partial charge on any atom is -0.325 e. The van der Waals surface area contributed by atoms with Crippen LogP contribution in [0.5, 0.6) is 0 Å². The van der Waals surface area contributed by atoms with E-state index in [9.17, 15) is 9.59 Å². The highest BCUT2D eigenvalue weighted by Gasteiger charge is 2.27. The number of thiophene rings is 1. The quantitative estimate of drug-likeness (QED) is 0.439. The number of ketones is 1. The van der Waals surface area contributed by atoms with E-state index in [1.165, 1.54) is 18.1 Å². The first-order valence-electron chi connectivity index (χ1n) is 7.42. The van der Waals surface area contributed by atoms with Crippen LogP contribution in [0.4, 0.5) is 5.69 Å². The van der Waals surface area contributed by atoms with E-state index >= 15 is 0 Å². The Kier molecular flexibility index (Phi) is 3.82. The summed E-state index contributed by atoms with van der Waals surface area (Å²) in [5, 5.41) is 6.59. The van der Waals surface area contributed by atoms with Crippen LogP contribution in [0.2, 0.25) is 0 Å². The zero-order chi connectivity index (χ0) is 16.7. The molecule has 4 rings (SSSR count). The van der Waals surface area contributed by atoms with E-state index < -0.39 is 0 Å². The van der Waals surface area contributed by atoms with Gasteiger partial charge in [0.25, 0.3) is 0 Å². The van der Waals surface area contributed by atoms with E-state index in [1.54, 1.807) is 23.5 Å². The van der Waals surface area contributed by atoms with Gasteiger partial charge in [0.15, 0.2) is 5.78 Å². The lowest BCUT2D eigenvalue weighted by molar-refractivity contribution is -0.116. The summed E-state index contributed by atoms with van der Waals surface area (Å²) in [6.07, 6.45) is 1.53. The molecule has 1 aromatic carbocycles. The Balaban J connectivity index is 1.53. The Bertz CT molecular complexity index is 967. The minimum absolute atomic E-state index is 0.0233. The van der Waals surface area contributed by atoms with Gasteiger partial charge in [-0.15, -0.1) is 11.3 Å². The number of nitrogens with zero attached hydrogens (tertiary/aromatic N) is 2. The summed E-state index contributed by atoms with van der Waals surface area (Å²) in [5.41, 5.74) is 2.31. The number of carbonyl (C=O) groups is 2. The van der Waals surface area contributed by atoms with E-state index in [2.05, 4.69) is 15.3 Å². The number of Topliss-reactive ketones (excluding diaryl/α,β-unsaturated/α-hetero) is 1. The highest BCUT2D eigenvalue weighted by atomic mass is 32.2. The molecule has 1 aliphatic rings. The molecular weight excluding hydrogens is 342 g/mol. The lowest BCUT2D eigenvalue weighted by Crippen LogP contribution is -2.08. The number of rotatable bonds is 4. The van der Waals surface area contributed by atoms with E-state index in [1.807, 2.05) is 24.4 Å². The van der Waals surface area contributed by atoms with Gasteiger partial charge < -0.3 is 5.32 Å². The molecule has 24 heavy (non-hydrogen) atoms. The molecule has 0 aliphatic carbocycles. The average molecular weight is 355 g/mol. The zero-order valence-corrected chi connectivity index (χ0v) is 14.4. The number of carbonyl (C=O) groups excluding carboxylic acids is 2. The molecule has 1 atom stereocenters. The molecule has 1 aliphatic heterocycles. The molecule has 7 heteroatoms. The van der Waals surface area contributed by atoms with Gasteiger partial charge in [-0.25, -0.2) is 9.97 Å². The Morgan fingerprint density at radius 1 is 1.33 bits per heavy atom. The molecule has 0 saturated heterocycles. The fourth-order valence-corrected chi connectivity index (χ4v) is 4.36.